The van der Waals surface area contributed by atoms with E-state index < -0.39 is 0 Å². The molecule has 1 saturated heterocycles. The molecule has 140 valence electrons. The van der Waals surface area contributed by atoms with E-state index in [1.54, 1.807) is 0 Å². The molecule has 0 bridgehead atoms. The molecule has 0 spiro atoms. The Morgan fingerprint density at radius 3 is 2.58 bits per heavy atom. The maximum Gasteiger partial charge on any atom is 0.245 e. The SMILES string of the molecule is CCOC1CC(OCCCNC(=O)COCC2CN(C(C)C)C2)C1. The van der Waals surface area contributed by atoms with Crippen LogP contribution in [0.4, 0.5) is 0 Å². The first-order valence-electron chi connectivity index (χ1n) is 9.40. The van der Waals surface area contributed by atoms with E-state index in [1.807, 2.05) is 6.92 Å². The summed E-state index contributed by atoms with van der Waals surface area (Å²) in [6.07, 6.45) is 3.58. The van der Waals surface area contributed by atoms with Gasteiger partial charge in [-0.3, -0.25) is 4.79 Å². The number of nitrogens with zero attached hydrogens (tertiary/aromatic N) is 1. The largest absolute Gasteiger partial charge is 0.378 e. The summed E-state index contributed by atoms with van der Waals surface area (Å²) in [5.41, 5.74) is 0. The van der Waals surface area contributed by atoms with Gasteiger partial charge in [-0.05, 0) is 40.0 Å². The molecule has 0 atom stereocenters. The Morgan fingerprint density at radius 1 is 1.21 bits per heavy atom. The Kier molecular flexibility index (Phi) is 8.45. The topological polar surface area (TPSA) is 60.0 Å². The molecule has 1 heterocycles. The third kappa shape index (κ3) is 6.67. The predicted molar refractivity (Wildman–Crippen MR) is 93.0 cm³/mol. The molecule has 0 aromatic rings. The van der Waals surface area contributed by atoms with Crippen LogP contribution in [0, 0.1) is 5.92 Å². The van der Waals surface area contributed by atoms with Crippen molar-refractivity contribution in [2.45, 2.75) is 58.3 Å². The molecule has 2 fully saturated rings. The molecule has 6 heteroatoms. The number of carbonyl (C=O) groups is 1. The second kappa shape index (κ2) is 10.3. The molecule has 6 nitrogen and oxygen atoms in total. The van der Waals surface area contributed by atoms with Crippen LogP contribution >= 0.6 is 0 Å². The van der Waals surface area contributed by atoms with Crippen LogP contribution < -0.4 is 5.32 Å². The number of rotatable bonds is 12. The zero-order valence-corrected chi connectivity index (χ0v) is 15.5. The van der Waals surface area contributed by atoms with Crippen LogP contribution in [-0.2, 0) is 19.0 Å². The number of hydrogen-bond donors (Lipinski definition) is 1. The van der Waals surface area contributed by atoms with Crippen molar-refractivity contribution in [3.63, 3.8) is 0 Å². The summed E-state index contributed by atoms with van der Waals surface area (Å²) in [4.78, 5) is 14.1. The molecule has 1 aliphatic carbocycles. The fourth-order valence-electron chi connectivity index (χ4n) is 3.08. The van der Waals surface area contributed by atoms with Crippen LogP contribution in [0.1, 0.15) is 40.0 Å². The smallest absolute Gasteiger partial charge is 0.245 e. The molecular weight excluding hydrogens is 308 g/mol. The van der Waals surface area contributed by atoms with Crippen LogP contribution in [0.2, 0.25) is 0 Å². The predicted octanol–water partition coefficient (Wildman–Crippen LogP) is 1.43. The number of likely N-dealkylation sites (tertiary alicyclic amines) is 1. The molecule has 24 heavy (non-hydrogen) atoms. The normalized spacial score (nSPS) is 24.7. The average molecular weight is 342 g/mol. The number of hydrogen-bond acceptors (Lipinski definition) is 5. The van der Waals surface area contributed by atoms with E-state index in [1.165, 1.54) is 0 Å². The van der Waals surface area contributed by atoms with Crippen molar-refractivity contribution >= 4 is 5.91 Å². The fraction of sp³-hybridized carbons (Fsp3) is 0.944. The van der Waals surface area contributed by atoms with Gasteiger partial charge >= 0.3 is 0 Å². The first-order chi connectivity index (χ1) is 11.6. The average Bonchev–Trinajstić information content (AvgIpc) is 2.45. The molecule has 1 N–H and O–H groups in total. The lowest BCUT2D eigenvalue weighted by Gasteiger charge is -2.41. The minimum Gasteiger partial charge on any atom is -0.378 e. The fourth-order valence-corrected chi connectivity index (χ4v) is 3.08. The van der Waals surface area contributed by atoms with Crippen LogP contribution in [0.3, 0.4) is 0 Å². The molecule has 1 aliphatic heterocycles. The second-order valence-electron chi connectivity index (χ2n) is 7.17. The van der Waals surface area contributed by atoms with E-state index in [4.69, 9.17) is 14.2 Å². The lowest BCUT2D eigenvalue weighted by Crippen LogP contribution is -2.52. The number of carbonyl (C=O) groups excluding carboxylic acids is 1. The van der Waals surface area contributed by atoms with Gasteiger partial charge in [0.15, 0.2) is 0 Å². The van der Waals surface area contributed by atoms with E-state index in [0.29, 0.717) is 43.9 Å². The van der Waals surface area contributed by atoms with E-state index in [-0.39, 0.29) is 12.5 Å². The Morgan fingerprint density at radius 2 is 1.92 bits per heavy atom. The summed E-state index contributed by atoms with van der Waals surface area (Å²) < 4.78 is 16.7. The van der Waals surface area contributed by atoms with Crippen molar-refractivity contribution in [2.24, 2.45) is 5.92 Å². The third-order valence-corrected chi connectivity index (χ3v) is 4.75. The standard InChI is InChI=1S/C18H34N2O4/c1-4-23-16-8-17(9-16)24-7-5-6-19-18(21)13-22-12-15-10-20(11-15)14(2)3/h14-17H,4-13H2,1-3H3,(H,19,21). The Balaban J connectivity index is 1.35. The van der Waals surface area contributed by atoms with Crippen molar-refractivity contribution in [1.82, 2.24) is 10.2 Å². The first kappa shape index (κ1) is 19.6. The summed E-state index contributed by atoms with van der Waals surface area (Å²) in [6, 6.07) is 0.608. The van der Waals surface area contributed by atoms with Crippen molar-refractivity contribution in [3.05, 3.63) is 0 Å². The van der Waals surface area contributed by atoms with Gasteiger partial charge in [-0.15, -0.1) is 0 Å². The van der Waals surface area contributed by atoms with Crippen LogP contribution in [0.25, 0.3) is 0 Å². The Labute approximate surface area is 146 Å². The summed E-state index contributed by atoms with van der Waals surface area (Å²) in [5, 5.41) is 2.88. The molecular formula is C18H34N2O4. The zero-order valence-electron chi connectivity index (χ0n) is 15.5. The number of amides is 1. The van der Waals surface area contributed by atoms with Gasteiger partial charge < -0.3 is 24.4 Å². The third-order valence-electron chi connectivity index (χ3n) is 4.75. The lowest BCUT2D eigenvalue weighted by molar-refractivity contribution is -0.127. The first-order valence-corrected chi connectivity index (χ1v) is 9.40. The van der Waals surface area contributed by atoms with Crippen molar-refractivity contribution in [3.8, 4) is 0 Å². The minimum absolute atomic E-state index is 0.0323. The van der Waals surface area contributed by atoms with Crippen LogP contribution in [0.15, 0.2) is 0 Å². The summed E-state index contributed by atoms with van der Waals surface area (Å²) in [5.74, 6) is 0.548. The minimum atomic E-state index is -0.0323. The monoisotopic (exact) mass is 342 g/mol. The van der Waals surface area contributed by atoms with Gasteiger partial charge in [-0.25, -0.2) is 0 Å². The molecule has 0 aromatic carbocycles. The summed E-state index contributed by atoms with van der Waals surface area (Å²) >= 11 is 0. The quantitative estimate of drug-likeness (QED) is 0.544. The molecule has 0 aromatic heterocycles. The highest BCUT2D eigenvalue weighted by Crippen LogP contribution is 2.26. The Bertz CT molecular complexity index is 366. The molecule has 1 saturated carbocycles. The zero-order chi connectivity index (χ0) is 17.4. The summed E-state index contributed by atoms with van der Waals surface area (Å²) in [7, 11) is 0. The van der Waals surface area contributed by atoms with Gasteiger partial charge in [0.1, 0.15) is 6.61 Å². The van der Waals surface area contributed by atoms with Gasteiger partial charge in [-0.2, -0.15) is 0 Å². The molecule has 0 radical (unpaired) electrons. The molecule has 1 amide bonds. The van der Waals surface area contributed by atoms with Crippen molar-refractivity contribution in [2.75, 3.05) is 46.1 Å². The van der Waals surface area contributed by atoms with E-state index in [9.17, 15) is 4.79 Å². The van der Waals surface area contributed by atoms with Gasteiger partial charge in [-0.1, -0.05) is 0 Å². The van der Waals surface area contributed by atoms with E-state index in [2.05, 4.69) is 24.1 Å². The van der Waals surface area contributed by atoms with E-state index in [0.717, 1.165) is 39.0 Å². The van der Waals surface area contributed by atoms with E-state index >= 15 is 0 Å². The maximum absolute atomic E-state index is 11.7. The van der Waals surface area contributed by atoms with Crippen LogP contribution in [0.5, 0.6) is 0 Å². The van der Waals surface area contributed by atoms with Gasteiger partial charge in [0.2, 0.25) is 5.91 Å². The summed E-state index contributed by atoms with van der Waals surface area (Å²) in [6.45, 7) is 11.6. The van der Waals surface area contributed by atoms with Crippen molar-refractivity contribution in [1.29, 1.82) is 0 Å². The second-order valence-corrected chi connectivity index (χ2v) is 7.17. The molecule has 2 aliphatic rings. The Hall–Kier alpha value is -0.690. The van der Waals surface area contributed by atoms with Gasteiger partial charge in [0.25, 0.3) is 0 Å². The highest BCUT2D eigenvalue weighted by molar-refractivity contribution is 5.77. The molecule has 0 unspecified atom stereocenters. The van der Waals surface area contributed by atoms with Crippen LogP contribution in [-0.4, -0.2) is 75.1 Å². The van der Waals surface area contributed by atoms with Crippen molar-refractivity contribution < 1.29 is 19.0 Å². The maximum atomic E-state index is 11.7. The van der Waals surface area contributed by atoms with Gasteiger partial charge in [0.05, 0.1) is 18.8 Å². The highest BCUT2D eigenvalue weighted by atomic mass is 16.5. The van der Waals surface area contributed by atoms with Gasteiger partial charge in [0, 0.05) is 44.8 Å². The number of ether oxygens (including phenoxy) is 3. The highest BCUT2D eigenvalue weighted by Gasteiger charge is 2.30. The number of nitrogens with one attached hydrogen (secondary N) is 1. The molecule has 2 rings (SSSR count). The lowest BCUT2D eigenvalue weighted by atomic mass is 9.92.